The Kier molecular flexibility index (Phi) is 7.05. The number of rotatable bonds is 7. The molecule has 2 N–H and O–H groups in total. The van der Waals surface area contributed by atoms with Crippen LogP contribution < -0.4 is 20.1 Å². The smallest absolute Gasteiger partial charge is 0.257 e. The molecule has 2 amide bonds. The van der Waals surface area contributed by atoms with E-state index >= 15 is 0 Å². The number of ether oxygens (including phenoxy) is 2. The lowest BCUT2D eigenvalue weighted by Gasteiger charge is -2.32. The number of carbonyl (C=O) groups excluding carboxylic acids is 2. The maximum Gasteiger partial charge on any atom is 0.257 e. The zero-order chi connectivity index (χ0) is 24.3. The predicted molar refractivity (Wildman–Crippen MR) is 123 cm³/mol. The number of hydrogen-bond acceptors (Lipinski definition) is 4. The third-order valence-corrected chi connectivity index (χ3v) is 6.74. The summed E-state index contributed by atoms with van der Waals surface area (Å²) in [6, 6.07) is 8.20. The van der Waals surface area contributed by atoms with Crippen molar-refractivity contribution >= 4 is 11.8 Å². The van der Waals surface area contributed by atoms with Crippen molar-refractivity contribution in [3.05, 3.63) is 59.2 Å². The largest absolute Gasteiger partial charge is 0.486 e. The maximum atomic E-state index is 14.0. The minimum Gasteiger partial charge on any atom is -0.486 e. The van der Waals surface area contributed by atoms with Crippen LogP contribution in [-0.4, -0.2) is 37.6 Å². The van der Waals surface area contributed by atoms with E-state index in [1.807, 2.05) is 18.2 Å². The molecule has 2 aromatic rings. The molecule has 2 aliphatic rings. The zero-order valence-electron chi connectivity index (χ0n) is 19.5. The fourth-order valence-corrected chi connectivity index (χ4v) is 4.82. The summed E-state index contributed by atoms with van der Waals surface area (Å²) in [5.41, 5.74) is 0.131. The number of halogens is 2. The molecule has 1 heterocycles. The lowest BCUT2D eigenvalue weighted by Crippen LogP contribution is -2.52. The molecule has 4 rings (SSSR count). The minimum atomic E-state index is -0.969. The van der Waals surface area contributed by atoms with Crippen LogP contribution in [0.1, 0.15) is 55.5 Å². The summed E-state index contributed by atoms with van der Waals surface area (Å²) in [7, 11) is 0. The molecule has 0 spiro atoms. The number of amides is 2. The van der Waals surface area contributed by atoms with E-state index in [2.05, 4.69) is 10.6 Å². The Morgan fingerprint density at radius 1 is 1.00 bits per heavy atom. The Bertz CT molecular complexity index is 1050. The standard InChI is InChI=1S/C26H30F2N2O4/c1-16(2)23(30-24(31)22-18(27)6-5-7-19(22)28)25(32)29-15-26(10-3-4-11-26)17-8-9-20-21(14-17)34-13-12-33-20/h5-9,14,16,23H,3-4,10-13,15H2,1-2H3,(H,29,32)(H,30,31). The van der Waals surface area contributed by atoms with Gasteiger partial charge in [0.2, 0.25) is 5.91 Å². The molecule has 0 aromatic heterocycles. The monoisotopic (exact) mass is 472 g/mol. The van der Waals surface area contributed by atoms with E-state index in [4.69, 9.17) is 9.47 Å². The van der Waals surface area contributed by atoms with Gasteiger partial charge in [-0.3, -0.25) is 9.59 Å². The minimum absolute atomic E-state index is 0.255. The van der Waals surface area contributed by atoms with E-state index < -0.39 is 29.1 Å². The van der Waals surface area contributed by atoms with Gasteiger partial charge in [0.1, 0.15) is 36.5 Å². The molecule has 2 aromatic carbocycles. The van der Waals surface area contributed by atoms with Crippen molar-refractivity contribution in [2.24, 2.45) is 5.92 Å². The van der Waals surface area contributed by atoms with E-state index in [0.717, 1.165) is 49.1 Å². The Balaban J connectivity index is 1.49. The van der Waals surface area contributed by atoms with E-state index in [0.29, 0.717) is 25.5 Å². The van der Waals surface area contributed by atoms with E-state index in [-0.39, 0.29) is 17.2 Å². The summed E-state index contributed by atoms with van der Waals surface area (Å²) in [6.45, 7) is 4.95. The summed E-state index contributed by atoms with van der Waals surface area (Å²) in [6.07, 6.45) is 3.90. The summed E-state index contributed by atoms with van der Waals surface area (Å²) in [5.74, 6) is -2.13. The molecule has 1 aliphatic heterocycles. The average molecular weight is 473 g/mol. The summed E-state index contributed by atoms with van der Waals surface area (Å²) in [5, 5.41) is 5.51. The van der Waals surface area contributed by atoms with Crippen molar-refractivity contribution < 1.29 is 27.8 Å². The molecule has 1 saturated carbocycles. The van der Waals surface area contributed by atoms with Crippen molar-refractivity contribution in [3.8, 4) is 11.5 Å². The Morgan fingerprint density at radius 2 is 1.65 bits per heavy atom. The predicted octanol–water partition coefficient (Wildman–Crippen LogP) is 4.12. The van der Waals surface area contributed by atoms with Gasteiger partial charge in [0.25, 0.3) is 5.91 Å². The summed E-state index contributed by atoms with van der Waals surface area (Å²) >= 11 is 0. The van der Waals surface area contributed by atoms with E-state index in [1.54, 1.807) is 13.8 Å². The van der Waals surface area contributed by atoms with Gasteiger partial charge in [-0.2, -0.15) is 0 Å². The van der Waals surface area contributed by atoms with Crippen molar-refractivity contribution in [2.75, 3.05) is 19.8 Å². The number of hydrogen-bond donors (Lipinski definition) is 2. The highest BCUT2D eigenvalue weighted by Gasteiger charge is 2.38. The van der Waals surface area contributed by atoms with Crippen LogP contribution in [0.15, 0.2) is 36.4 Å². The molecule has 1 unspecified atom stereocenters. The molecule has 0 radical (unpaired) electrons. The Labute approximate surface area is 198 Å². The van der Waals surface area contributed by atoms with Gasteiger partial charge in [-0.05, 0) is 48.6 Å². The first-order valence-electron chi connectivity index (χ1n) is 11.7. The molecule has 0 saturated heterocycles. The molecule has 182 valence electrons. The normalized spacial score (nSPS) is 17.3. The van der Waals surface area contributed by atoms with Crippen molar-refractivity contribution in [1.29, 1.82) is 0 Å². The van der Waals surface area contributed by atoms with E-state index in [1.165, 1.54) is 6.07 Å². The lowest BCUT2D eigenvalue weighted by atomic mass is 9.78. The molecule has 0 bridgehead atoms. The van der Waals surface area contributed by atoms with Crippen molar-refractivity contribution in [3.63, 3.8) is 0 Å². The molecule has 1 aliphatic carbocycles. The number of benzene rings is 2. The lowest BCUT2D eigenvalue weighted by molar-refractivity contribution is -0.124. The number of nitrogens with one attached hydrogen (secondary N) is 2. The van der Waals surface area contributed by atoms with Crippen LogP contribution in [0.5, 0.6) is 11.5 Å². The van der Waals surface area contributed by atoms with Crippen LogP contribution in [0, 0.1) is 17.6 Å². The van der Waals surface area contributed by atoms with Gasteiger partial charge in [-0.1, -0.05) is 38.8 Å². The SMILES string of the molecule is CC(C)C(NC(=O)c1c(F)cccc1F)C(=O)NCC1(c2ccc3c(c2)OCCO3)CCCC1. The average Bonchev–Trinajstić information content (AvgIpc) is 3.30. The molecule has 1 atom stereocenters. The second-order valence-electron chi connectivity index (χ2n) is 9.36. The van der Waals surface area contributed by atoms with E-state index in [9.17, 15) is 18.4 Å². The van der Waals surface area contributed by atoms with Gasteiger partial charge < -0.3 is 20.1 Å². The topological polar surface area (TPSA) is 76.7 Å². The van der Waals surface area contributed by atoms with Crippen LogP contribution in [0.4, 0.5) is 8.78 Å². The highest BCUT2D eigenvalue weighted by Crippen LogP contribution is 2.43. The van der Waals surface area contributed by atoms with Crippen LogP contribution >= 0.6 is 0 Å². The number of carbonyl (C=O) groups is 2. The number of fused-ring (bicyclic) bond motifs is 1. The second-order valence-corrected chi connectivity index (χ2v) is 9.36. The van der Waals surface area contributed by atoms with Crippen molar-refractivity contribution in [2.45, 2.75) is 51.0 Å². The van der Waals surface area contributed by atoms with Gasteiger partial charge in [0, 0.05) is 12.0 Å². The van der Waals surface area contributed by atoms with Crippen LogP contribution in [0.3, 0.4) is 0 Å². The fraction of sp³-hybridized carbons (Fsp3) is 0.462. The molecule has 34 heavy (non-hydrogen) atoms. The highest BCUT2D eigenvalue weighted by atomic mass is 19.1. The van der Waals surface area contributed by atoms with Crippen LogP contribution in [-0.2, 0) is 10.2 Å². The fourth-order valence-electron chi connectivity index (χ4n) is 4.82. The van der Waals surface area contributed by atoms with Gasteiger partial charge in [0.15, 0.2) is 11.5 Å². The van der Waals surface area contributed by atoms with Gasteiger partial charge in [-0.15, -0.1) is 0 Å². The first-order valence-corrected chi connectivity index (χ1v) is 11.7. The highest BCUT2D eigenvalue weighted by molar-refractivity contribution is 5.98. The van der Waals surface area contributed by atoms with Gasteiger partial charge in [-0.25, -0.2) is 8.78 Å². The molecular formula is C26H30F2N2O4. The quantitative estimate of drug-likeness (QED) is 0.636. The first-order chi connectivity index (χ1) is 16.3. The second kappa shape index (κ2) is 9.99. The maximum absolute atomic E-state index is 14.0. The molecule has 1 fully saturated rings. The van der Waals surface area contributed by atoms with Crippen molar-refractivity contribution in [1.82, 2.24) is 10.6 Å². The third kappa shape index (κ3) is 4.86. The Morgan fingerprint density at radius 3 is 2.29 bits per heavy atom. The van der Waals surface area contributed by atoms with Crippen LogP contribution in [0.25, 0.3) is 0 Å². The first kappa shape index (κ1) is 24.0. The summed E-state index contributed by atoms with van der Waals surface area (Å²) < 4.78 is 39.5. The van der Waals surface area contributed by atoms with Gasteiger partial charge in [0.05, 0.1) is 0 Å². The van der Waals surface area contributed by atoms with Gasteiger partial charge >= 0.3 is 0 Å². The molecule has 8 heteroatoms. The molecular weight excluding hydrogens is 442 g/mol. The zero-order valence-corrected chi connectivity index (χ0v) is 19.5. The van der Waals surface area contributed by atoms with Crippen LogP contribution in [0.2, 0.25) is 0 Å². The summed E-state index contributed by atoms with van der Waals surface area (Å²) in [4.78, 5) is 25.7. The molecule has 6 nitrogen and oxygen atoms in total. The third-order valence-electron chi connectivity index (χ3n) is 6.74. The Hall–Kier alpha value is -3.16.